The van der Waals surface area contributed by atoms with Gasteiger partial charge in [0.1, 0.15) is 5.82 Å². The van der Waals surface area contributed by atoms with Gasteiger partial charge in [-0.2, -0.15) is 8.78 Å². The average Bonchev–Trinajstić information content (AvgIpc) is 2.68. The normalized spacial score (nSPS) is 14.4. The first-order valence-electron chi connectivity index (χ1n) is 8.41. The van der Waals surface area contributed by atoms with Crippen LogP contribution in [0.15, 0.2) is 42.5 Å². The number of carbonyl (C=O) groups is 1. The number of anilines is 1. The summed E-state index contributed by atoms with van der Waals surface area (Å²) in [6, 6.07) is 10.6. The second-order valence-electron chi connectivity index (χ2n) is 5.97. The molecule has 5 nitrogen and oxygen atoms in total. The van der Waals surface area contributed by atoms with Crippen LogP contribution in [0.25, 0.3) is 0 Å². The van der Waals surface area contributed by atoms with Crippen LogP contribution in [0.1, 0.15) is 10.4 Å². The minimum Gasteiger partial charge on any atom is -0.493 e. The topological polar surface area (TPSA) is 42.0 Å². The summed E-state index contributed by atoms with van der Waals surface area (Å²) in [5.74, 6) is -0.896. The van der Waals surface area contributed by atoms with E-state index in [-0.39, 0.29) is 22.9 Å². The summed E-state index contributed by atoms with van der Waals surface area (Å²) in [4.78, 5) is 16.4. The highest BCUT2D eigenvalue weighted by atomic mass is 19.3. The van der Waals surface area contributed by atoms with Gasteiger partial charge in [0.25, 0.3) is 5.91 Å². The van der Waals surface area contributed by atoms with E-state index in [0.717, 1.165) is 5.69 Å². The molecule has 1 aliphatic rings. The van der Waals surface area contributed by atoms with Gasteiger partial charge in [0, 0.05) is 31.9 Å². The predicted molar refractivity (Wildman–Crippen MR) is 94.1 cm³/mol. The number of alkyl halides is 2. The van der Waals surface area contributed by atoms with Crippen LogP contribution in [0.5, 0.6) is 11.5 Å². The van der Waals surface area contributed by atoms with E-state index in [1.807, 2.05) is 4.90 Å². The second kappa shape index (κ2) is 8.20. The van der Waals surface area contributed by atoms with Gasteiger partial charge in [0.2, 0.25) is 0 Å². The van der Waals surface area contributed by atoms with E-state index < -0.39 is 12.5 Å². The van der Waals surface area contributed by atoms with Crippen LogP contribution in [-0.4, -0.2) is 50.7 Å². The third-order valence-corrected chi connectivity index (χ3v) is 4.39. The van der Waals surface area contributed by atoms with Gasteiger partial charge in [-0.3, -0.25) is 4.79 Å². The van der Waals surface area contributed by atoms with E-state index in [2.05, 4.69) is 4.74 Å². The van der Waals surface area contributed by atoms with Gasteiger partial charge < -0.3 is 19.3 Å². The van der Waals surface area contributed by atoms with Crippen LogP contribution in [0.4, 0.5) is 18.9 Å². The number of benzene rings is 2. The van der Waals surface area contributed by atoms with Crippen LogP contribution in [0.2, 0.25) is 0 Å². The first-order chi connectivity index (χ1) is 13.0. The highest BCUT2D eigenvalue weighted by Gasteiger charge is 2.27. The van der Waals surface area contributed by atoms with Crippen LogP contribution >= 0.6 is 0 Å². The zero-order valence-corrected chi connectivity index (χ0v) is 14.7. The molecule has 0 unspecified atom stereocenters. The number of piperazine rings is 1. The molecule has 2 aromatic carbocycles. The van der Waals surface area contributed by atoms with Gasteiger partial charge >= 0.3 is 6.61 Å². The van der Waals surface area contributed by atoms with Crippen molar-refractivity contribution in [3.8, 4) is 11.5 Å². The summed E-state index contributed by atoms with van der Waals surface area (Å²) in [6.07, 6.45) is 0. The molecule has 0 bridgehead atoms. The molecule has 0 saturated carbocycles. The van der Waals surface area contributed by atoms with E-state index in [1.165, 1.54) is 31.4 Å². The fourth-order valence-corrected chi connectivity index (χ4v) is 3.05. The molecule has 1 heterocycles. The van der Waals surface area contributed by atoms with Crippen molar-refractivity contribution >= 4 is 11.6 Å². The molecule has 3 rings (SSSR count). The fraction of sp³-hybridized carbons (Fsp3) is 0.316. The van der Waals surface area contributed by atoms with Crippen molar-refractivity contribution in [3.05, 3.63) is 53.8 Å². The Bertz CT molecular complexity index is 791. The van der Waals surface area contributed by atoms with Gasteiger partial charge in [-0.25, -0.2) is 4.39 Å². The van der Waals surface area contributed by atoms with Crippen molar-refractivity contribution in [2.24, 2.45) is 0 Å². The Balaban J connectivity index is 1.73. The SMILES string of the molecule is COc1cccc(C(=O)N2CCN(c3ccc(F)cc3)CC2)c1OC(F)F. The molecular formula is C19H19F3N2O3. The molecule has 1 amide bonds. The minimum atomic E-state index is -3.07. The number of hydrogen-bond acceptors (Lipinski definition) is 4. The summed E-state index contributed by atoms with van der Waals surface area (Å²) >= 11 is 0. The van der Waals surface area contributed by atoms with E-state index in [9.17, 15) is 18.0 Å². The molecule has 0 radical (unpaired) electrons. The lowest BCUT2D eigenvalue weighted by molar-refractivity contribution is -0.0516. The third-order valence-electron chi connectivity index (χ3n) is 4.39. The van der Waals surface area contributed by atoms with Crippen molar-refractivity contribution in [2.45, 2.75) is 6.61 Å². The van der Waals surface area contributed by atoms with Gasteiger partial charge in [-0.1, -0.05) is 6.07 Å². The number of amides is 1. The molecule has 1 saturated heterocycles. The number of carbonyl (C=O) groups excluding carboxylic acids is 1. The van der Waals surface area contributed by atoms with Crippen LogP contribution in [0, 0.1) is 5.82 Å². The largest absolute Gasteiger partial charge is 0.493 e. The molecule has 1 aliphatic heterocycles. The Hall–Kier alpha value is -2.90. The standard InChI is InChI=1S/C19H19F3N2O3/c1-26-16-4-2-3-15(17(16)27-19(21)22)18(25)24-11-9-23(10-12-24)14-7-5-13(20)6-8-14/h2-8,19H,9-12H2,1H3. The highest BCUT2D eigenvalue weighted by Crippen LogP contribution is 2.33. The van der Waals surface area contributed by atoms with Crippen LogP contribution < -0.4 is 14.4 Å². The maximum absolute atomic E-state index is 13.1. The van der Waals surface area contributed by atoms with E-state index in [1.54, 1.807) is 23.1 Å². The molecule has 0 atom stereocenters. The molecule has 8 heteroatoms. The van der Waals surface area contributed by atoms with E-state index in [0.29, 0.717) is 26.2 Å². The predicted octanol–water partition coefficient (Wildman–Crippen LogP) is 3.40. The Morgan fingerprint density at radius 2 is 1.70 bits per heavy atom. The molecule has 0 spiro atoms. The number of ether oxygens (including phenoxy) is 2. The van der Waals surface area contributed by atoms with Crippen molar-refractivity contribution in [1.82, 2.24) is 4.90 Å². The van der Waals surface area contributed by atoms with Crippen LogP contribution in [-0.2, 0) is 0 Å². The zero-order chi connectivity index (χ0) is 19.4. The second-order valence-corrected chi connectivity index (χ2v) is 5.97. The summed E-state index contributed by atoms with van der Waals surface area (Å²) in [6.45, 7) is -1.16. The van der Waals surface area contributed by atoms with E-state index >= 15 is 0 Å². The molecule has 0 aromatic heterocycles. The number of rotatable bonds is 5. The number of hydrogen-bond donors (Lipinski definition) is 0. The first-order valence-corrected chi connectivity index (χ1v) is 8.41. The van der Waals surface area contributed by atoms with E-state index in [4.69, 9.17) is 4.74 Å². The molecule has 0 N–H and O–H groups in total. The summed E-state index contributed by atoms with van der Waals surface area (Å²) in [5.41, 5.74) is 0.900. The Morgan fingerprint density at radius 3 is 2.30 bits per heavy atom. The number of nitrogens with zero attached hydrogens (tertiary/aromatic N) is 2. The smallest absolute Gasteiger partial charge is 0.387 e. The number of para-hydroxylation sites is 1. The number of halogens is 3. The maximum Gasteiger partial charge on any atom is 0.387 e. The fourth-order valence-electron chi connectivity index (χ4n) is 3.05. The lowest BCUT2D eigenvalue weighted by atomic mass is 10.1. The molecule has 0 aliphatic carbocycles. The Labute approximate surface area is 154 Å². The summed E-state index contributed by atoms with van der Waals surface area (Å²) < 4.78 is 48.1. The van der Waals surface area contributed by atoms with Crippen molar-refractivity contribution in [3.63, 3.8) is 0 Å². The van der Waals surface area contributed by atoms with Crippen molar-refractivity contribution in [2.75, 3.05) is 38.2 Å². The van der Waals surface area contributed by atoms with Crippen molar-refractivity contribution < 1.29 is 27.4 Å². The van der Waals surface area contributed by atoms with Gasteiger partial charge in [-0.05, 0) is 36.4 Å². The molecular weight excluding hydrogens is 361 g/mol. The molecule has 144 valence electrons. The monoisotopic (exact) mass is 380 g/mol. The summed E-state index contributed by atoms with van der Waals surface area (Å²) in [7, 11) is 1.32. The number of methoxy groups -OCH3 is 1. The average molecular weight is 380 g/mol. The van der Waals surface area contributed by atoms with Gasteiger partial charge in [-0.15, -0.1) is 0 Å². The minimum absolute atomic E-state index is 0.0323. The lowest BCUT2D eigenvalue weighted by Gasteiger charge is -2.36. The quantitative estimate of drug-likeness (QED) is 0.798. The maximum atomic E-state index is 13.1. The Kier molecular flexibility index (Phi) is 5.73. The lowest BCUT2D eigenvalue weighted by Crippen LogP contribution is -2.48. The molecule has 27 heavy (non-hydrogen) atoms. The zero-order valence-electron chi connectivity index (χ0n) is 14.7. The van der Waals surface area contributed by atoms with Crippen LogP contribution in [0.3, 0.4) is 0 Å². The first kappa shape index (κ1) is 18.9. The van der Waals surface area contributed by atoms with Gasteiger partial charge in [0.15, 0.2) is 11.5 Å². The molecule has 2 aromatic rings. The van der Waals surface area contributed by atoms with Crippen molar-refractivity contribution in [1.29, 1.82) is 0 Å². The highest BCUT2D eigenvalue weighted by molar-refractivity contribution is 5.98. The third kappa shape index (κ3) is 4.27. The summed E-state index contributed by atoms with van der Waals surface area (Å²) in [5, 5.41) is 0. The molecule has 1 fully saturated rings. The Morgan fingerprint density at radius 1 is 1.04 bits per heavy atom. The van der Waals surface area contributed by atoms with Gasteiger partial charge in [0.05, 0.1) is 12.7 Å².